The zero-order valence-corrected chi connectivity index (χ0v) is 20.9. The molecule has 0 fully saturated rings. The summed E-state index contributed by atoms with van der Waals surface area (Å²) in [4.78, 5) is 33.8. The highest BCUT2D eigenvalue weighted by molar-refractivity contribution is 7.47. The van der Waals surface area contributed by atoms with Gasteiger partial charge in [-0.25, -0.2) is 4.57 Å². The highest BCUT2D eigenvalue weighted by Gasteiger charge is 2.26. The van der Waals surface area contributed by atoms with Crippen molar-refractivity contribution >= 4 is 19.8 Å². The van der Waals surface area contributed by atoms with Crippen LogP contribution in [0.25, 0.3) is 0 Å². The summed E-state index contributed by atoms with van der Waals surface area (Å²) in [7, 11) is 1.47. The topological polar surface area (TPSA) is 108 Å². The van der Waals surface area contributed by atoms with Crippen molar-refractivity contribution in [3.63, 3.8) is 0 Å². The summed E-state index contributed by atoms with van der Waals surface area (Å²) in [5.41, 5.74) is 0. The third-order valence-electron chi connectivity index (χ3n) is 4.39. The fourth-order valence-corrected chi connectivity index (χ4v) is 3.22. The molecule has 10 heteroatoms. The monoisotopic (exact) mass is 468 g/mol. The maximum Gasteiger partial charge on any atom is 0.472 e. The van der Waals surface area contributed by atoms with Crippen LogP contribution in [0.2, 0.25) is 0 Å². The van der Waals surface area contributed by atoms with E-state index >= 15 is 0 Å². The van der Waals surface area contributed by atoms with E-state index in [4.69, 9.17) is 18.5 Å². The Morgan fingerprint density at radius 3 is 2.06 bits per heavy atom. The number of carbonyl (C=O) groups excluding carboxylic acids is 2. The number of hydrogen-bond acceptors (Lipinski definition) is 7. The van der Waals surface area contributed by atoms with Crippen LogP contribution in [0.5, 0.6) is 0 Å². The van der Waals surface area contributed by atoms with Gasteiger partial charge in [0.25, 0.3) is 0 Å². The highest BCUT2D eigenvalue weighted by atomic mass is 31.2. The second-order valence-corrected chi connectivity index (χ2v) is 10.1. The molecular formula is C21H43NO8P+. The number of ether oxygens (including phenoxy) is 2. The molecule has 9 nitrogen and oxygen atoms in total. The lowest BCUT2D eigenvalue weighted by molar-refractivity contribution is -0.870. The summed E-state index contributed by atoms with van der Waals surface area (Å²) in [6.45, 7) is 4.03. The van der Waals surface area contributed by atoms with Crippen LogP contribution in [0.3, 0.4) is 0 Å². The van der Waals surface area contributed by atoms with E-state index in [-0.39, 0.29) is 26.1 Å². The van der Waals surface area contributed by atoms with E-state index in [2.05, 4.69) is 6.92 Å². The van der Waals surface area contributed by atoms with Gasteiger partial charge in [-0.05, 0) is 12.8 Å². The molecule has 0 heterocycles. The molecule has 0 bridgehead atoms. The van der Waals surface area contributed by atoms with Crippen molar-refractivity contribution in [1.82, 2.24) is 0 Å². The number of likely N-dealkylation sites (N-methyl/N-ethyl adjacent to an activating group) is 1. The maximum atomic E-state index is 12.1. The fraction of sp³-hybridized carbons (Fsp3) is 0.905. The Morgan fingerprint density at radius 2 is 1.45 bits per heavy atom. The molecule has 0 radical (unpaired) electrons. The molecule has 0 rings (SSSR count). The standard InChI is InChI=1S/C21H42NO8P/c1-6-8-10-12-14-21(24)30-19(17-27-20(23)13-11-9-7-2)18-29-31(25,26)28-16-15-22(3,4)5/h19H,6-18H2,1-5H3/p+1/t19-/m1/s1. The number of nitrogens with zero attached hydrogens (tertiary/aromatic N) is 1. The molecule has 0 aliphatic carbocycles. The van der Waals surface area contributed by atoms with Crippen molar-refractivity contribution in [2.75, 3.05) is 47.5 Å². The van der Waals surface area contributed by atoms with Gasteiger partial charge < -0.3 is 18.9 Å². The zero-order valence-electron chi connectivity index (χ0n) is 20.0. The number of phosphoric acid groups is 1. The summed E-state index contributed by atoms with van der Waals surface area (Å²) in [6.07, 6.45) is 5.88. The molecule has 1 unspecified atom stereocenters. The van der Waals surface area contributed by atoms with Crippen LogP contribution in [0.15, 0.2) is 0 Å². The molecule has 0 saturated carbocycles. The Hall–Kier alpha value is -0.990. The molecule has 2 atom stereocenters. The first-order chi connectivity index (χ1) is 14.5. The van der Waals surface area contributed by atoms with Crippen molar-refractivity contribution in [3.8, 4) is 0 Å². The summed E-state index contributed by atoms with van der Waals surface area (Å²) >= 11 is 0. The summed E-state index contributed by atoms with van der Waals surface area (Å²) in [6, 6.07) is 0. The van der Waals surface area contributed by atoms with E-state index in [1.807, 2.05) is 28.1 Å². The lowest BCUT2D eigenvalue weighted by Crippen LogP contribution is -2.37. The van der Waals surface area contributed by atoms with Crippen molar-refractivity contribution in [3.05, 3.63) is 0 Å². The Bertz CT molecular complexity index is 550. The third kappa shape index (κ3) is 19.4. The first-order valence-electron chi connectivity index (χ1n) is 11.3. The number of unbranched alkanes of at least 4 members (excludes halogenated alkanes) is 5. The van der Waals surface area contributed by atoms with E-state index in [0.717, 1.165) is 38.5 Å². The van der Waals surface area contributed by atoms with E-state index in [9.17, 15) is 19.0 Å². The SMILES string of the molecule is CCCCCCC(=O)O[C@H](COC(=O)CCCCC)COP(=O)(O)OCC[N+](C)(C)C. The van der Waals surface area contributed by atoms with Crippen molar-refractivity contribution in [1.29, 1.82) is 0 Å². The van der Waals surface area contributed by atoms with Crippen LogP contribution in [-0.4, -0.2) is 74.9 Å². The molecule has 184 valence electrons. The Labute approximate surface area is 187 Å². The number of hydrogen-bond donors (Lipinski definition) is 1. The van der Waals surface area contributed by atoms with Gasteiger partial charge in [0.1, 0.15) is 19.8 Å². The number of quaternary nitrogens is 1. The second-order valence-electron chi connectivity index (χ2n) is 8.67. The third-order valence-corrected chi connectivity index (χ3v) is 5.37. The highest BCUT2D eigenvalue weighted by Crippen LogP contribution is 2.43. The van der Waals surface area contributed by atoms with Crippen molar-refractivity contribution in [2.24, 2.45) is 0 Å². The Morgan fingerprint density at radius 1 is 0.871 bits per heavy atom. The predicted molar refractivity (Wildman–Crippen MR) is 118 cm³/mol. The van der Waals surface area contributed by atoms with Gasteiger partial charge in [-0.2, -0.15) is 0 Å². The molecule has 0 amide bonds. The van der Waals surface area contributed by atoms with Crippen LogP contribution in [0.4, 0.5) is 0 Å². The largest absolute Gasteiger partial charge is 0.472 e. The summed E-state index contributed by atoms with van der Waals surface area (Å²) in [5, 5.41) is 0. The normalized spacial score (nSPS) is 14.6. The van der Waals surface area contributed by atoms with Gasteiger partial charge in [-0.1, -0.05) is 46.0 Å². The second kappa shape index (κ2) is 16.6. The maximum absolute atomic E-state index is 12.1. The van der Waals surface area contributed by atoms with E-state index in [1.54, 1.807) is 0 Å². The van der Waals surface area contributed by atoms with E-state index in [0.29, 0.717) is 17.4 Å². The lowest BCUT2D eigenvalue weighted by Gasteiger charge is -2.24. The van der Waals surface area contributed by atoms with Gasteiger partial charge in [0.15, 0.2) is 6.10 Å². The molecule has 0 aromatic rings. The number of carbonyl (C=O) groups is 2. The minimum Gasteiger partial charge on any atom is -0.462 e. The van der Waals surface area contributed by atoms with Crippen LogP contribution in [-0.2, 0) is 32.7 Å². The molecule has 0 spiro atoms. The predicted octanol–water partition coefficient (Wildman–Crippen LogP) is 3.83. The number of esters is 2. The van der Waals surface area contributed by atoms with Crippen molar-refractivity contribution < 1.29 is 42.1 Å². The van der Waals surface area contributed by atoms with Crippen LogP contribution in [0.1, 0.15) is 71.6 Å². The van der Waals surface area contributed by atoms with Crippen LogP contribution in [0, 0.1) is 0 Å². The first kappa shape index (κ1) is 30.0. The molecule has 0 saturated heterocycles. The molecular weight excluding hydrogens is 425 g/mol. The van der Waals surface area contributed by atoms with Crippen LogP contribution >= 0.6 is 7.82 Å². The van der Waals surface area contributed by atoms with Crippen molar-refractivity contribution in [2.45, 2.75) is 77.7 Å². The minimum absolute atomic E-state index is 0.0333. The minimum atomic E-state index is -4.32. The van der Waals surface area contributed by atoms with E-state index < -0.39 is 32.5 Å². The number of rotatable bonds is 19. The average Bonchev–Trinajstić information content (AvgIpc) is 2.66. The number of phosphoric ester groups is 1. The van der Waals surface area contributed by atoms with Crippen LogP contribution < -0.4 is 0 Å². The fourth-order valence-electron chi connectivity index (χ4n) is 2.48. The average molecular weight is 469 g/mol. The smallest absolute Gasteiger partial charge is 0.462 e. The summed E-state index contributed by atoms with van der Waals surface area (Å²) in [5.74, 6) is -0.853. The van der Waals surface area contributed by atoms with Gasteiger partial charge >= 0.3 is 19.8 Å². The molecule has 0 aliphatic heterocycles. The van der Waals surface area contributed by atoms with Gasteiger partial charge in [0.2, 0.25) is 0 Å². The zero-order chi connectivity index (χ0) is 23.8. The molecule has 0 aliphatic rings. The van der Waals surface area contributed by atoms with Gasteiger partial charge in [-0.3, -0.25) is 18.6 Å². The summed E-state index contributed by atoms with van der Waals surface area (Å²) < 4.78 is 33.1. The van der Waals surface area contributed by atoms with Gasteiger partial charge in [-0.15, -0.1) is 0 Å². The quantitative estimate of drug-likeness (QED) is 0.132. The molecule has 0 aromatic carbocycles. The lowest BCUT2D eigenvalue weighted by atomic mass is 10.1. The molecule has 0 aromatic heterocycles. The van der Waals surface area contributed by atoms with E-state index in [1.165, 1.54) is 0 Å². The molecule has 1 N–H and O–H groups in total. The Kier molecular flexibility index (Phi) is 16.1. The Balaban J connectivity index is 4.64. The van der Waals surface area contributed by atoms with Gasteiger partial charge in [0.05, 0.1) is 27.7 Å². The first-order valence-corrected chi connectivity index (χ1v) is 12.8. The van der Waals surface area contributed by atoms with Gasteiger partial charge in [0, 0.05) is 12.8 Å². The molecule has 31 heavy (non-hydrogen) atoms.